The highest BCUT2D eigenvalue weighted by Gasteiger charge is 2.52. The van der Waals surface area contributed by atoms with E-state index in [-0.39, 0.29) is 17.8 Å². The summed E-state index contributed by atoms with van der Waals surface area (Å²) in [6.07, 6.45) is 9.83. The number of ether oxygens (including phenoxy) is 3. The molecule has 200 valence electrons. The molecule has 4 saturated carbocycles. The van der Waals surface area contributed by atoms with Gasteiger partial charge in [0.25, 0.3) is 0 Å². The third kappa shape index (κ3) is 4.88. The fraction of sp³-hybridized carbons (Fsp3) is 0.484. The Bertz CT molecular complexity index is 1280. The molecule has 3 aromatic rings. The zero-order valence-electron chi connectivity index (χ0n) is 22.1. The van der Waals surface area contributed by atoms with E-state index in [4.69, 9.17) is 19.2 Å². The lowest BCUT2D eigenvalue weighted by Gasteiger charge is -2.57. The molecule has 7 heteroatoms. The molecule has 0 amide bonds. The van der Waals surface area contributed by atoms with Gasteiger partial charge in [-0.1, -0.05) is 12.1 Å². The van der Waals surface area contributed by atoms with Crippen LogP contribution >= 0.6 is 11.3 Å². The Kier molecular flexibility index (Phi) is 7.01. The molecule has 0 atom stereocenters. The van der Waals surface area contributed by atoms with Crippen LogP contribution in [0.25, 0.3) is 21.0 Å². The summed E-state index contributed by atoms with van der Waals surface area (Å²) in [5.41, 5.74) is 5.05. The number of rotatable bonds is 10. The summed E-state index contributed by atoms with van der Waals surface area (Å²) in [5.74, 6) is 2.53. The number of thiazole rings is 1. The molecular formula is C31H35NO5S. The Morgan fingerprint density at radius 3 is 2.37 bits per heavy atom. The van der Waals surface area contributed by atoms with Crippen LogP contribution in [0.5, 0.6) is 5.75 Å². The van der Waals surface area contributed by atoms with Crippen LogP contribution < -0.4 is 4.74 Å². The normalized spacial score (nSPS) is 25.6. The average Bonchev–Trinajstić information content (AvgIpc) is 3.38. The predicted octanol–water partition coefficient (Wildman–Crippen LogP) is 6.95. The summed E-state index contributed by atoms with van der Waals surface area (Å²) in [4.78, 5) is 17.1. The maximum Gasteiger partial charge on any atom is 0.335 e. The van der Waals surface area contributed by atoms with Crippen molar-refractivity contribution in [2.24, 2.45) is 17.8 Å². The third-order valence-corrected chi connectivity index (χ3v) is 9.90. The van der Waals surface area contributed by atoms with Gasteiger partial charge in [0, 0.05) is 24.4 Å². The van der Waals surface area contributed by atoms with Crippen molar-refractivity contribution in [3.05, 3.63) is 59.3 Å². The van der Waals surface area contributed by atoms with Gasteiger partial charge in [0.1, 0.15) is 10.8 Å². The quantitative estimate of drug-likeness (QED) is 0.224. The van der Waals surface area contributed by atoms with Crippen molar-refractivity contribution in [1.29, 1.82) is 0 Å². The van der Waals surface area contributed by atoms with E-state index in [9.17, 15) is 9.90 Å². The van der Waals surface area contributed by atoms with Gasteiger partial charge < -0.3 is 19.3 Å². The average molecular weight is 534 g/mol. The molecule has 4 bridgehead atoms. The van der Waals surface area contributed by atoms with Crippen molar-refractivity contribution in [2.75, 3.05) is 27.1 Å². The largest absolute Gasteiger partial charge is 0.478 e. The van der Waals surface area contributed by atoms with Gasteiger partial charge in [0.05, 0.1) is 23.7 Å². The molecule has 1 N–H and O–H groups in total. The van der Waals surface area contributed by atoms with Gasteiger partial charge in [0.15, 0.2) is 6.79 Å². The van der Waals surface area contributed by atoms with Gasteiger partial charge in [-0.05, 0) is 104 Å². The van der Waals surface area contributed by atoms with Crippen molar-refractivity contribution < 1.29 is 24.1 Å². The summed E-state index contributed by atoms with van der Waals surface area (Å²) in [6, 6.07) is 11.6. The molecule has 0 aliphatic heterocycles. The van der Waals surface area contributed by atoms with Gasteiger partial charge in [-0.15, -0.1) is 11.3 Å². The third-order valence-electron chi connectivity index (χ3n) is 8.82. The zero-order valence-corrected chi connectivity index (χ0v) is 22.9. The van der Waals surface area contributed by atoms with Crippen LogP contribution in [0.15, 0.2) is 42.6 Å². The molecule has 1 aromatic heterocycles. The first-order valence-electron chi connectivity index (χ1n) is 13.6. The summed E-state index contributed by atoms with van der Waals surface area (Å²) in [7, 11) is 1.67. The smallest absolute Gasteiger partial charge is 0.335 e. The van der Waals surface area contributed by atoms with Crippen molar-refractivity contribution in [3.8, 4) is 26.8 Å². The molecular weight excluding hydrogens is 498 g/mol. The second-order valence-electron chi connectivity index (χ2n) is 11.4. The first kappa shape index (κ1) is 25.5. The maximum absolute atomic E-state index is 11.2. The van der Waals surface area contributed by atoms with E-state index in [0.29, 0.717) is 13.2 Å². The monoisotopic (exact) mass is 533 g/mol. The standard InChI is InChI=1S/C31H35NO5S/c1-19-9-27(37-18-36-8-7-35-2)26(31-14-20-10-21(15-31)12-22(11-20)16-31)13-25(19)29-32-17-28(38-29)23-3-5-24(6-4-23)30(33)34/h3-6,9,13,17,20-22H,7-8,10-12,14-16,18H2,1-2H3,(H,33,34). The molecule has 0 saturated heterocycles. The first-order chi connectivity index (χ1) is 18.4. The Hall–Kier alpha value is -2.74. The molecule has 0 spiro atoms. The molecule has 38 heavy (non-hydrogen) atoms. The molecule has 4 fully saturated rings. The van der Waals surface area contributed by atoms with Gasteiger partial charge in [-0.2, -0.15) is 0 Å². The van der Waals surface area contributed by atoms with Gasteiger partial charge in [-0.3, -0.25) is 0 Å². The molecule has 0 unspecified atom stereocenters. The van der Waals surface area contributed by atoms with Gasteiger partial charge in [-0.25, -0.2) is 9.78 Å². The van der Waals surface area contributed by atoms with E-state index >= 15 is 0 Å². The van der Waals surface area contributed by atoms with Crippen molar-refractivity contribution in [3.63, 3.8) is 0 Å². The number of aryl methyl sites for hydroxylation is 1. The van der Waals surface area contributed by atoms with Gasteiger partial charge >= 0.3 is 5.97 Å². The van der Waals surface area contributed by atoms with Crippen molar-refractivity contribution >= 4 is 17.3 Å². The van der Waals surface area contributed by atoms with Crippen molar-refractivity contribution in [2.45, 2.75) is 50.9 Å². The van der Waals surface area contributed by atoms with Crippen molar-refractivity contribution in [1.82, 2.24) is 4.98 Å². The van der Waals surface area contributed by atoms with Crippen LogP contribution in [0.2, 0.25) is 0 Å². The SMILES string of the molecule is COCCOCOc1cc(C)c(-c2ncc(-c3ccc(C(=O)O)cc3)s2)cc1C12CC3CC(CC(C3)C1)C2. The lowest BCUT2D eigenvalue weighted by Crippen LogP contribution is -2.48. The number of carbonyl (C=O) groups is 1. The number of carboxylic acids is 1. The number of hydrogen-bond acceptors (Lipinski definition) is 6. The summed E-state index contributed by atoms with van der Waals surface area (Å²) < 4.78 is 17.1. The Morgan fingerprint density at radius 1 is 1.05 bits per heavy atom. The number of aromatic carboxylic acids is 1. The number of methoxy groups -OCH3 is 1. The molecule has 1 heterocycles. The van der Waals surface area contributed by atoms with Crippen LogP contribution in [-0.4, -0.2) is 43.2 Å². The molecule has 6 nitrogen and oxygen atoms in total. The van der Waals surface area contributed by atoms with Crippen LogP contribution in [0.3, 0.4) is 0 Å². The van der Waals surface area contributed by atoms with E-state index in [2.05, 4.69) is 19.1 Å². The highest BCUT2D eigenvalue weighted by atomic mass is 32.1. The summed E-state index contributed by atoms with van der Waals surface area (Å²) >= 11 is 1.65. The highest BCUT2D eigenvalue weighted by molar-refractivity contribution is 7.18. The van der Waals surface area contributed by atoms with Crippen LogP contribution in [0.4, 0.5) is 0 Å². The van der Waals surface area contributed by atoms with E-state index in [1.54, 1.807) is 30.6 Å². The number of nitrogens with zero attached hydrogens (tertiary/aromatic N) is 1. The first-order valence-corrected chi connectivity index (χ1v) is 14.4. The number of aromatic nitrogens is 1. The van der Waals surface area contributed by atoms with Crippen LogP contribution in [0.1, 0.15) is 60.0 Å². The molecule has 2 aromatic carbocycles. The molecule has 0 radical (unpaired) electrons. The van der Waals surface area contributed by atoms with E-state index in [0.717, 1.165) is 50.1 Å². The number of hydrogen-bond donors (Lipinski definition) is 1. The lowest BCUT2D eigenvalue weighted by molar-refractivity contribution is -0.0189. The van der Waals surface area contributed by atoms with Crippen LogP contribution in [0, 0.1) is 24.7 Å². The molecule has 7 rings (SSSR count). The predicted molar refractivity (Wildman–Crippen MR) is 148 cm³/mol. The maximum atomic E-state index is 11.2. The fourth-order valence-corrected chi connectivity index (χ4v) is 8.50. The second-order valence-corrected chi connectivity index (χ2v) is 12.5. The highest BCUT2D eigenvalue weighted by Crippen LogP contribution is 2.62. The lowest BCUT2D eigenvalue weighted by atomic mass is 9.48. The van der Waals surface area contributed by atoms with Gasteiger partial charge in [0.2, 0.25) is 0 Å². The molecule has 4 aliphatic rings. The number of carboxylic acid groups (broad SMARTS) is 1. The van der Waals surface area contributed by atoms with E-state index in [1.807, 2.05) is 18.3 Å². The summed E-state index contributed by atoms with van der Waals surface area (Å²) in [6.45, 7) is 3.40. The Labute approximate surface area is 228 Å². The van der Waals surface area contributed by atoms with E-state index < -0.39 is 5.97 Å². The molecule has 4 aliphatic carbocycles. The van der Waals surface area contributed by atoms with E-state index in [1.165, 1.54) is 44.1 Å². The minimum absolute atomic E-state index is 0.172. The minimum Gasteiger partial charge on any atom is -0.478 e. The minimum atomic E-state index is -0.916. The Morgan fingerprint density at radius 2 is 1.74 bits per heavy atom. The Balaban J connectivity index is 1.34. The number of benzene rings is 2. The zero-order chi connectivity index (χ0) is 26.3. The second kappa shape index (κ2) is 10.4. The van der Waals surface area contributed by atoms with Crippen LogP contribution in [-0.2, 0) is 14.9 Å². The fourth-order valence-electron chi connectivity index (χ4n) is 7.50. The topological polar surface area (TPSA) is 77.9 Å². The summed E-state index contributed by atoms with van der Waals surface area (Å²) in [5, 5.41) is 10.2.